The van der Waals surface area contributed by atoms with E-state index in [-0.39, 0.29) is 51.6 Å². The minimum Gasteiger partial charge on any atom is -0.508 e. The summed E-state index contributed by atoms with van der Waals surface area (Å²) >= 11 is 14.3. The molecule has 0 radical (unpaired) electrons. The number of allylic oxidation sites excluding steroid dienone is 3. The Balaban J connectivity index is 1.30. The number of carboxylic acids is 1. The fourth-order valence-corrected chi connectivity index (χ4v) is 9.36. The number of benzene rings is 3. The molecule has 3 aromatic carbocycles. The van der Waals surface area contributed by atoms with Gasteiger partial charge in [0.1, 0.15) is 17.2 Å². The van der Waals surface area contributed by atoms with Crippen LogP contribution in [-0.4, -0.2) is 49.6 Å². The molecule has 53 heavy (non-hydrogen) atoms. The number of amides is 4. The van der Waals surface area contributed by atoms with E-state index in [1.54, 1.807) is 0 Å². The molecule has 5 aliphatic rings. The molecule has 0 aromatic heterocycles. The number of halogens is 7. The summed E-state index contributed by atoms with van der Waals surface area (Å²) in [4.78, 5) is 63.7. The van der Waals surface area contributed by atoms with Gasteiger partial charge in [-0.1, -0.05) is 17.7 Å². The van der Waals surface area contributed by atoms with Gasteiger partial charge in [0.05, 0.1) is 29.3 Å². The molecular formula is C36H21Cl2F5N2O8. The monoisotopic (exact) mass is 774 g/mol. The Bertz CT molecular complexity index is 2310. The van der Waals surface area contributed by atoms with Crippen LogP contribution in [0.3, 0.4) is 0 Å². The standard InChI is InChI=1S/C36H21Cl2F5N2O8/c37-35-11-20-18(5-6-19-22(20)31(48)44(30(19)47)16-3-1-2-13(9-16)32(49)50)23(15-8-14-10-17(46)4-7-21(14)53-12-15)36(35,38)34(52)45(33(35)51)29-27(42)25(40)24(39)26(41)28(29)43/h1-5,7,9-10,12,19-20,22-23,46H,6,8,11H2,(H,49,50). The van der Waals surface area contributed by atoms with E-state index in [1.807, 2.05) is 0 Å². The van der Waals surface area contributed by atoms with Crippen LogP contribution >= 0.6 is 23.2 Å². The van der Waals surface area contributed by atoms with Crippen LogP contribution in [0, 0.1) is 52.8 Å². The van der Waals surface area contributed by atoms with Crippen LogP contribution < -0.4 is 14.5 Å². The highest BCUT2D eigenvalue weighted by atomic mass is 35.5. The number of alkyl halides is 2. The van der Waals surface area contributed by atoms with Gasteiger partial charge in [-0.05, 0) is 60.7 Å². The van der Waals surface area contributed by atoms with Crippen molar-refractivity contribution >= 4 is 64.2 Å². The highest BCUT2D eigenvalue weighted by Gasteiger charge is 2.77. The number of hydrogen-bond acceptors (Lipinski definition) is 7. The first-order chi connectivity index (χ1) is 25.0. The topological polar surface area (TPSA) is 142 Å². The first-order valence-electron chi connectivity index (χ1n) is 15.9. The van der Waals surface area contributed by atoms with Gasteiger partial charge in [0.15, 0.2) is 33.0 Å². The van der Waals surface area contributed by atoms with Crippen molar-refractivity contribution in [2.24, 2.45) is 23.7 Å². The number of ether oxygens (including phenoxy) is 1. The summed E-state index contributed by atoms with van der Waals surface area (Å²) in [5.41, 5.74) is -1.48. The first-order valence-corrected chi connectivity index (χ1v) is 16.6. The third-order valence-electron chi connectivity index (χ3n) is 10.7. The van der Waals surface area contributed by atoms with E-state index >= 15 is 8.78 Å². The Morgan fingerprint density at radius 2 is 1.53 bits per heavy atom. The number of phenols is 1. The van der Waals surface area contributed by atoms with E-state index in [0.29, 0.717) is 5.56 Å². The molecule has 3 heterocycles. The second-order valence-electron chi connectivity index (χ2n) is 13.3. The number of carbonyl (C=O) groups excluding carboxylic acids is 4. The minimum atomic E-state index is -2.74. The second-order valence-corrected chi connectivity index (χ2v) is 14.6. The number of anilines is 2. The summed E-state index contributed by atoms with van der Waals surface area (Å²) in [6, 6.07) is 9.18. The average molecular weight is 775 g/mol. The summed E-state index contributed by atoms with van der Waals surface area (Å²) in [5.74, 6) is -23.6. The van der Waals surface area contributed by atoms with Crippen LogP contribution in [0.15, 0.2) is 65.9 Å². The number of aromatic carboxylic acids is 1. The summed E-state index contributed by atoms with van der Waals surface area (Å²) in [5, 5.41) is 19.7. The van der Waals surface area contributed by atoms with Crippen molar-refractivity contribution in [3.63, 3.8) is 0 Å². The smallest absolute Gasteiger partial charge is 0.335 e. The van der Waals surface area contributed by atoms with Gasteiger partial charge in [-0.3, -0.25) is 24.1 Å². The number of hydrogen-bond donors (Lipinski definition) is 2. The number of phenolic OH excluding ortho intramolecular Hbond substituents is 1. The Morgan fingerprint density at radius 3 is 2.21 bits per heavy atom. The van der Waals surface area contributed by atoms with Crippen molar-refractivity contribution in [1.29, 1.82) is 0 Å². The lowest BCUT2D eigenvalue weighted by atomic mass is 9.56. The van der Waals surface area contributed by atoms with E-state index in [4.69, 9.17) is 27.9 Å². The van der Waals surface area contributed by atoms with E-state index in [1.165, 1.54) is 48.7 Å². The van der Waals surface area contributed by atoms with Crippen molar-refractivity contribution in [2.75, 3.05) is 9.80 Å². The summed E-state index contributed by atoms with van der Waals surface area (Å²) in [6.07, 6.45) is 1.75. The Kier molecular flexibility index (Phi) is 7.62. The summed E-state index contributed by atoms with van der Waals surface area (Å²) in [6.45, 7) is 0. The van der Waals surface area contributed by atoms with Gasteiger partial charge < -0.3 is 14.9 Å². The predicted octanol–water partition coefficient (Wildman–Crippen LogP) is 5.91. The molecule has 2 N–H and O–H groups in total. The predicted molar refractivity (Wildman–Crippen MR) is 174 cm³/mol. The van der Waals surface area contributed by atoms with E-state index in [2.05, 4.69) is 0 Å². The fraction of sp³-hybridized carbons (Fsp3) is 0.250. The molecule has 0 spiro atoms. The van der Waals surface area contributed by atoms with Gasteiger partial charge in [0.25, 0.3) is 11.8 Å². The van der Waals surface area contributed by atoms with Crippen molar-refractivity contribution < 1.29 is 60.9 Å². The van der Waals surface area contributed by atoms with Crippen molar-refractivity contribution in [3.05, 3.63) is 106 Å². The van der Waals surface area contributed by atoms with Gasteiger partial charge in [-0.2, -0.15) is 0 Å². The molecule has 2 saturated heterocycles. The number of fused-ring (bicyclic) bond motifs is 5. The molecule has 6 unspecified atom stereocenters. The average Bonchev–Trinajstić information content (AvgIpc) is 3.47. The number of nitrogens with zero attached hydrogens (tertiary/aromatic N) is 2. The van der Waals surface area contributed by atoms with Crippen LogP contribution in [0.25, 0.3) is 0 Å². The lowest BCUT2D eigenvalue weighted by Crippen LogP contribution is -2.61. The largest absolute Gasteiger partial charge is 0.508 e. The number of carbonyl (C=O) groups is 5. The maximum absolute atomic E-state index is 15.3. The Labute approximate surface area is 304 Å². The molecule has 8 rings (SSSR count). The van der Waals surface area contributed by atoms with Gasteiger partial charge in [0.2, 0.25) is 17.6 Å². The van der Waals surface area contributed by atoms with Crippen LogP contribution in [0.4, 0.5) is 33.3 Å². The first kappa shape index (κ1) is 34.8. The molecule has 272 valence electrons. The van der Waals surface area contributed by atoms with E-state index in [9.17, 15) is 47.4 Å². The molecule has 3 aromatic rings. The second kappa shape index (κ2) is 11.6. The molecule has 6 atom stereocenters. The van der Waals surface area contributed by atoms with Crippen LogP contribution in [0.1, 0.15) is 28.8 Å². The SMILES string of the molecule is O=C(O)c1cccc(N2C(=O)C3CC=C4C(CC5(Cl)C(=O)N(c6c(F)c(F)c(F)c(F)c6F)C(=O)C5(Cl)C4C4=COc5ccc(O)cc5C4)C3C2=O)c1. The zero-order valence-corrected chi connectivity index (χ0v) is 28.0. The van der Waals surface area contributed by atoms with Crippen molar-refractivity contribution in [1.82, 2.24) is 0 Å². The molecule has 4 amide bonds. The molecule has 0 bridgehead atoms. The van der Waals surface area contributed by atoms with Gasteiger partial charge in [0, 0.05) is 17.9 Å². The van der Waals surface area contributed by atoms with Crippen LogP contribution in [0.2, 0.25) is 0 Å². The van der Waals surface area contributed by atoms with E-state index in [0.717, 1.165) is 11.0 Å². The number of carboxylic acid groups (broad SMARTS) is 1. The number of aromatic hydroxyl groups is 1. The quantitative estimate of drug-likeness (QED) is 0.0834. The zero-order valence-electron chi connectivity index (χ0n) is 26.5. The summed E-state index contributed by atoms with van der Waals surface area (Å²) < 4.78 is 79.4. The molecule has 3 aliphatic heterocycles. The molecule has 1 saturated carbocycles. The van der Waals surface area contributed by atoms with Crippen LogP contribution in [0.5, 0.6) is 11.5 Å². The third-order valence-corrected chi connectivity index (χ3v) is 12.1. The lowest BCUT2D eigenvalue weighted by molar-refractivity contribution is -0.125. The lowest BCUT2D eigenvalue weighted by Gasteiger charge is -2.51. The Morgan fingerprint density at radius 1 is 0.849 bits per heavy atom. The molecular weight excluding hydrogens is 754 g/mol. The van der Waals surface area contributed by atoms with Crippen molar-refractivity contribution in [3.8, 4) is 11.5 Å². The molecule has 17 heteroatoms. The third kappa shape index (κ3) is 4.52. The van der Waals surface area contributed by atoms with E-state index < -0.39 is 104 Å². The Hall–Kier alpha value is -5.28. The van der Waals surface area contributed by atoms with Crippen LogP contribution in [-0.2, 0) is 25.6 Å². The normalized spacial score (nSPS) is 28.9. The fourth-order valence-electron chi connectivity index (χ4n) is 8.41. The minimum absolute atomic E-state index is 0.0556. The maximum Gasteiger partial charge on any atom is 0.335 e. The number of imide groups is 2. The molecule has 3 fully saturated rings. The summed E-state index contributed by atoms with van der Waals surface area (Å²) in [7, 11) is 0. The van der Waals surface area contributed by atoms with Gasteiger partial charge >= 0.3 is 5.97 Å². The molecule has 10 nitrogen and oxygen atoms in total. The maximum atomic E-state index is 15.3. The van der Waals surface area contributed by atoms with Gasteiger partial charge in [-0.25, -0.2) is 31.6 Å². The van der Waals surface area contributed by atoms with Gasteiger partial charge in [-0.15, -0.1) is 23.2 Å². The highest BCUT2D eigenvalue weighted by molar-refractivity contribution is 6.58. The molecule has 2 aliphatic carbocycles. The highest BCUT2D eigenvalue weighted by Crippen LogP contribution is 2.65. The number of rotatable bonds is 4. The zero-order chi connectivity index (χ0) is 38.0. The van der Waals surface area contributed by atoms with Crippen molar-refractivity contribution in [2.45, 2.75) is 29.0 Å².